The lowest BCUT2D eigenvalue weighted by molar-refractivity contribution is 0.541. The van der Waals surface area contributed by atoms with Crippen molar-refractivity contribution in [3.8, 4) is 0 Å². The summed E-state index contributed by atoms with van der Waals surface area (Å²) in [6.45, 7) is 3.82. The molecule has 1 rings (SSSR count). The highest BCUT2D eigenvalue weighted by Gasteiger charge is 2.08. The van der Waals surface area contributed by atoms with Crippen molar-refractivity contribution in [1.29, 1.82) is 0 Å². The van der Waals surface area contributed by atoms with E-state index in [1.54, 1.807) is 6.92 Å². The van der Waals surface area contributed by atoms with Crippen LogP contribution in [0.15, 0.2) is 12.1 Å². The van der Waals surface area contributed by atoms with E-state index in [0.29, 0.717) is 12.0 Å². The molecule has 0 aliphatic rings. The zero-order valence-electron chi connectivity index (χ0n) is 9.45. The molecule has 0 aromatic heterocycles. The highest BCUT2D eigenvalue weighted by atomic mass is 19.1. The Morgan fingerprint density at radius 2 is 1.60 bits per heavy atom. The van der Waals surface area contributed by atoms with Crippen LogP contribution >= 0.6 is 0 Å². The molecule has 0 fully saturated rings. The zero-order valence-corrected chi connectivity index (χ0v) is 9.45. The molecule has 0 unspecified atom stereocenters. The lowest BCUT2D eigenvalue weighted by Crippen LogP contribution is -1.97. The van der Waals surface area contributed by atoms with Crippen molar-refractivity contribution in [2.75, 3.05) is 0 Å². The lowest BCUT2D eigenvalue weighted by atomic mass is 10.0. The average Bonchev–Trinajstić information content (AvgIpc) is 2.15. The van der Waals surface area contributed by atoms with E-state index in [-0.39, 0.29) is 5.56 Å². The van der Waals surface area contributed by atoms with Gasteiger partial charge in [-0.05, 0) is 37.5 Å². The molecule has 0 saturated carbocycles. The van der Waals surface area contributed by atoms with E-state index in [4.69, 9.17) is 0 Å². The fraction of sp³-hybridized carbons (Fsp3) is 0.538. The monoisotopic (exact) mass is 212 g/mol. The average molecular weight is 212 g/mol. The molecule has 0 bridgehead atoms. The summed E-state index contributed by atoms with van der Waals surface area (Å²) in [6.07, 6.45) is 4.69. The Hall–Kier alpha value is -0.920. The SMILES string of the molecule is CCCCCCc1c(F)cc(C)cc1F. The van der Waals surface area contributed by atoms with Gasteiger partial charge in [-0.25, -0.2) is 8.78 Å². The second-order valence-electron chi connectivity index (χ2n) is 4.02. The Balaban J connectivity index is 2.60. The molecule has 0 heterocycles. The molecule has 0 spiro atoms. The van der Waals surface area contributed by atoms with E-state index in [9.17, 15) is 8.78 Å². The number of unbranched alkanes of at least 4 members (excludes halogenated alkanes) is 3. The summed E-state index contributed by atoms with van der Waals surface area (Å²) >= 11 is 0. The van der Waals surface area contributed by atoms with Crippen LogP contribution in [0.2, 0.25) is 0 Å². The van der Waals surface area contributed by atoms with E-state index >= 15 is 0 Å². The highest BCUT2D eigenvalue weighted by molar-refractivity contribution is 5.25. The first kappa shape index (κ1) is 12.2. The van der Waals surface area contributed by atoms with Crippen LogP contribution in [0.5, 0.6) is 0 Å². The molecule has 0 amide bonds. The van der Waals surface area contributed by atoms with E-state index in [1.165, 1.54) is 12.1 Å². The molecule has 0 aliphatic heterocycles. The van der Waals surface area contributed by atoms with Gasteiger partial charge in [0.2, 0.25) is 0 Å². The first-order valence-electron chi connectivity index (χ1n) is 5.59. The molecule has 15 heavy (non-hydrogen) atoms. The third-order valence-corrected chi connectivity index (χ3v) is 2.57. The second-order valence-corrected chi connectivity index (χ2v) is 4.02. The molecule has 0 N–H and O–H groups in total. The van der Waals surface area contributed by atoms with Gasteiger partial charge >= 0.3 is 0 Å². The fourth-order valence-corrected chi connectivity index (χ4v) is 1.70. The van der Waals surface area contributed by atoms with Crippen LogP contribution in [0.4, 0.5) is 8.78 Å². The molecule has 0 saturated heterocycles. The van der Waals surface area contributed by atoms with Gasteiger partial charge < -0.3 is 0 Å². The van der Waals surface area contributed by atoms with Crippen molar-refractivity contribution in [3.05, 3.63) is 34.9 Å². The van der Waals surface area contributed by atoms with E-state index in [1.807, 2.05) is 0 Å². The second kappa shape index (κ2) is 5.84. The number of rotatable bonds is 5. The molecule has 1 aromatic carbocycles. The van der Waals surface area contributed by atoms with E-state index in [2.05, 4.69) is 6.92 Å². The molecule has 0 radical (unpaired) electrons. The lowest BCUT2D eigenvalue weighted by Gasteiger charge is -2.05. The van der Waals surface area contributed by atoms with Crippen LogP contribution in [0, 0.1) is 18.6 Å². The number of aryl methyl sites for hydroxylation is 1. The summed E-state index contributed by atoms with van der Waals surface area (Å²) in [6, 6.07) is 2.80. The van der Waals surface area contributed by atoms with Crippen LogP contribution in [-0.4, -0.2) is 0 Å². The minimum absolute atomic E-state index is 0.247. The Bertz CT molecular complexity index is 295. The summed E-state index contributed by atoms with van der Waals surface area (Å²) in [5.41, 5.74) is 0.888. The van der Waals surface area contributed by atoms with Gasteiger partial charge in [0.15, 0.2) is 0 Å². The van der Waals surface area contributed by atoms with Crippen molar-refractivity contribution in [2.45, 2.75) is 46.0 Å². The van der Waals surface area contributed by atoms with Crippen LogP contribution < -0.4 is 0 Å². The smallest absolute Gasteiger partial charge is 0.129 e. The van der Waals surface area contributed by atoms with Crippen molar-refractivity contribution in [3.63, 3.8) is 0 Å². The molecule has 0 nitrogen and oxygen atoms in total. The van der Waals surface area contributed by atoms with E-state index < -0.39 is 11.6 Å². The predicted molar refractivity (Wildman–Crippen MR) is 58.9 cm³/mol. The summed E-state index contributed by atoms with van der Waals surface area (Å²) in [5, 5.41) is 0. The van der Waals surface area contributed by atoms with Gasteiger partial charge in [0.25, 0.3) is 0 Å². The minimum atomic E-state index is -0.399. The Morgan fingerprint density at radius 1 is 1.00 bits per heavy atom. The Morgan fingerprint density at radius 3 is 2.13 bits per heavy atom. The highest BCUT2D eigenvalue weighted by Crippen LogP contribution is 2.17. The molecular weight excluding hydrogens is 194 g/mol. The third-order valence-electron chi connectivity index (χ3n) is 2.57. The first-order chi connectivity index (χ1) is 7.15. The quantitative estimate of drug-likeness (QED) is 0.635. The van der Waals surface area contributed by atoms with E-state index in [0.717, 1.165) is 25.7 Å². The maximum Gasteiger partial charge on any atom is 0.129 e. The Labute approximate surface area is 90.3 Å². The van der Waals surface area contributed by atoms with Crippen LogP contribution in [-0.2, 0) is 6.42 Å². The van der Waals surface area contributed by atoms with Gasteiger partial charge in [-0.1, -0.05) is 26.2 Å². The summed E-state index contributed by atoms with van der Waals surface area (Å²) in [7, 11) is 0. The summed E-state index contributed by atoms with van der Waals surface area (Å²) in [5.74, 6) is -0.798. The summed E-state index contributed by atoms with van der Waals surface area (Å²) < 4.78 is 26.8. The molecule has 0 atom stereocenters. The fourth-order valence-electron chi connectivity index (χ4n) is 1.70. The molecular formula is C13H18F2. The molecule has 1 aromatic rings. The Kier molecular flexibility index (Phi) is 4.73. The predicted octanol–water partition coefficient (Wildman–Crippen LogP) is 4.40. The van der Waals surface area contributed by atoms with Gasteiger partial charge in [0, 0.05) is 5.56 Å². The van der Waals surface area contributed by atoms with Crippen molar-refractivity contribution < 1.29 is 8.78 Å². The number of benzene rings is 1. The largest absolute Gasteiger partial charge is 0.207 e. The van der Waals surface area contributed by atoms with Gasteiger partial charge in [0.1, 0.15) is 11.6 Å². The maximum absolute atomic E-state index is 13.4. The minimum Gasteiger partial charge on any atom is -0.207 e. The zero-order chi connectivity index (χ0) is 11.3. The van der Waals surface area contributed by atoms with Crippen molar-refractivity contribution in [1.82, 2.24) is 0 Å². The third kappa shape index (κ3) is 3.61. The number of halogens is 2. The van der Waals surface area contributed by atoms with Gasteiger partial charge in [-0.15, -0.1) is 0 Å². The maximum atomic E-state index is 13.4. The first-order valence-corrected chi connectivity index (χ1v) is 5.59. The number of hydrogen-bond donors (Lipinski definition) is 0. The molecule has 84 valence electrons. The van der Waals surface area contributed by atoms with Crippen molar-refractivity contribution >= 4 is 0 Å². The van der Waals surface area contributed by atoms with Gasteiger partial charge in [0.05, 0.1) is 0 Å². The summed E-state index contributed by atoms with van der Waals surface area (Å²) in [4.78, 5) is 0. The molecule has 2 heteroatoms. The van der Waals surface area contributed by atoms with Gasteiger partial charge in [-0.2, -0.15) is 0 Å². The normalized spacial score (nSPS) is 10.7. The van der Waals surface area contributed by atoms with Crippen LogP contribution in [0.1, 0.15) is 43.7 Å². The topological polar surface area (TPSA) is 0 Å². The number of hydrogen-bond acceptors (Lipinski definition) is 0. The van der Waals surface area contributed by atoms with Crippen LogP contribution in [0.25, 0.3) is 0 Å². The standard InChI is InChI=1S/C13H18F2/c1-3-4-5-6-7-11-12(14)8-10(2)9-13(11)15/h8-9H,3-7H2,1-2H3. The van der Waals surface area contributed by atoms with Crippen LogP contribution in [0.3, 0.4) is 0 Å². The molecule has 0 aliphatic carbocycles. The van der Waals surface area contributed by atoms with Crippen molar-refractivity contribution in [2.24, 2.45) is 0 Å². The van der Waals surface area contributed by atoms with Gasteiger partial charge in [-0.3, -0.25) is 0 Å².